The molecule has 0 bridgehead atoms. The summed E-state index contributed by atoms with van der Waals surface area (Å²) in [5.74, 6) is -0.461. The molecule has 1 saturated heterocycles. The summed E-state index contributed by atoms with van der Waals surface area (Å²) in [6.45, 7) is 6.03. The van der Waals surface area contributed by atoms with Crippen LogP contribution in [0.25, 0.3) is 0 Å². The van der Waals surface area contributed by atoms with Gasteiger partial charge in [0.15, 0.2) is 0 Å². The fourth-order valence-electron chi connectivity index (χ4n) is 4.03. The van der Waals surface area contributed by atoms with Crippen molar-refractivity contribution in [1.82, 2.24) is 14.9 Å². The average molecular weight is 476 g/mol. The van der Waals surface area contributed by atoms with Crippen LogP contribution in [0.15, 0.2) is 59.5 Å². The molecule has 8 heteroatoms. The van der Waals surface area contributed by atoms with Crippen molar-refractivity contribution in [2.45, 2.75) is 50.0 Å². The van der Waals surface area contributed by atoms with Crippen LogP contribution in [0.1, 0.15) is 38.2 Å². The van der Waals surface area contributed by atoms with E-state index in [9.17, 15) is 17.6 Å². The Morgan fingerprint density at radius 3 is 2.42 bits per heavy atom. The van der Waals surface area contributed by atoms with Crippen molar-refractivity contribution in [2.75, 3.05) is 26.2 Å². The Bertz CT molecular complexity index is 993. The second kappa shape index (κ2) is 12.3. The van der Waals surface area contributed by atoms with Crippen molar-refractivity contribution in [2.24, 2.45) is 5.92 Å². The van der Waals surface area contributed by atoms with Gasteiger partial charge in [-0.1, -0.05) is 49.4 Å². The first-order valence-corrected chi connectivity index (χ1v) is 13.1. The van der Waals surface area contributed by atoms with Crippen molar-refractivity contribution < 1.29 is 17.6 Å². The van der Waals surface area contributed by atoms with Gasteiger partial charge in [-0.25, -0.2) is 12.8 Å². The Labute approximate surface area is 196 Å². The second-order valence-electron chi connectivity index (χ2n) is 8.82. The van der Waals surface area contributed by atoms with Crippen LogP contribution in [0.2, 0.25) is 0 Å². The van der Waals surface area contributed by atoms with E-state index in [0.717, 1.165) is 50.0 Å². The Hall–Kier alpha value is -2.29. The lowest BCUT2D eigenvalue weighted by molar-refractivity contribution is -0.122. The summed E-state index contributed by atoms with van der Waals surface area (Å²) in [7, 11) is -4.20. The van der Waals surface area contributed by atoms with Crippen molar-refractivity contribution >= 4 is 15.9 Å². The van der Waals surface area contributed by atoms with Crippen LogP contribution in [0, 0.1) is 11.7 Å². The quantitative estimate of drug-likeness (QED) is 0.489. The maximum atomic E-state index is 14.1. The molecule has 1 atom stereocenters. The van der Waals surface area contributed by atoms with Crippen LogP contribution in [0.4, 0.5) is 4.39 Å². The number of carbonyl (C=O) groups is 1. The molecule has 1 unspecified atom stereocenters. The number of likely N-dealkylation sites (tertiary alicyclic amines) is 1. The molecule has 1 amide bonds. The lowest BCUT2D eigenvalue weighted by atomic mass is 9.99. The fourth-order valence-corrected chi connectivity index (χ4v) is 5.31. The van der Waals surface area contributed by atoms with E-state index in [1.54, 1.807) is 0 Å². The Kier molecular flexibility index (Phi) is 9.41. The van der Waals surface area contributed by atoms with Gasteiger partial charge in [0.25, 0.3) is 0 Å². The number of halogens is 1. The van der Waals surface area contributed by atoms with Crippen molar-refractivity contribution in [3.05, 3.63) is 66.0 Å². The molecule has 1 heterocycles. The third-order valence-electron chi connectivity index (χ3n) is 6.10. The van der Waals surface area contributed by atoms with E-state index in [1.165, 1.54) is 31.0 Å². The zero-order valence-electron chi connectivity index (χ0n) is 19.2. The zero-order valence-corrected chi connectivity index (χ0v) is 20.0. The highest BCUT2D eigenvalue weighted by molar-refractivity contribution is 7.89. The van der Waals surface area contributed by atoms with E-state index >= 15 is 0 Å². The predicted octanol–water partition coefficient (Wildman–Crippen LogP) is 3.34. The molecule has 6 nitrogen and oxygen atoms in total. The van der Waals surface area contributed by atoms with Gasteiger partial charge in [0.2, 0.25) is 15.9 Å². The highest BCUT2D eigenvalue weighted by Crippen LogP contribution is 2.17. The number of sulfonamides is 1. The Morgan fingerprint density at radius 2 is 1.73 bits per heavy atom. The van der Waals surface area contributed by atoms with E-state index in [2.05, 4.69) is 21.9 Å². The second-order valence-corrected chi connectivity index (χ2v) is 10.5. The van der Waals surface area contributed by atoms with E-state index in [4.69, 9.17) is 0 Å². The van der Waals surface area contributed by atoms with Crippen LogP contribution in [-0.2, 0) is 21.2 Å². The molecular formula is C25H34FN3O3S. The summed E-state index contributed by atoms with van der Waals surface area (Å²) in [4.78, 5) is 14.9. The van der Waals surface area contributed by atoms with Gasteiger partial charge in [0.1, 0.15) is 16.8 Å². The topological polar surface area (TPSA) is 78.5 Å². The maximum Gasteiger partial charge on any atom is 0.244 e. The molecule has 1 fully saturated rings. The number of hydrogen-bond acceptors (Lipinski definition) is 4. The zero-order chi connectivity index (χ0) is 23.7. The van der Waals surface area contributed by atoms with Gasteiger partial charge in [-0.15, -0.1) is 0 Å². The minimum absolute atomic E-state index is 0.173. The third kappa shape index (κ3) is 7.91. The van der Waals surface area contributed by atoms with Crippen LogP contribution < -0.4 is 10.0 Å². The predicted molar refractivity (Wildman–Crippen MR) is 128 cm³/mol. The average Bonchev–Trinajstić information content (AvgIpc) is 2.80. The molecule has 0 saturated carbocycles. The summed E-state index contributed by atoms with van der Waals surface area (Å²) in [6.07, 6.45) is 4.43. The molecule has 2 aromatic rings. The van der Waals surface area contributed by atoms with Crippen LogP contribution in [-0.4, -0.2) is 51.4 Å². The van der Waals surface area contributed by atoms with Gasteiger partial charge in [0, 0.05) is 6.54 Å². The molecule has 2 N–H and O–H groups in total. The third-order valence-corrected chi connectivity index (χ3v) is 7.60. The standard InChI is InChI=1S/C25H34FN3O3S/c1-20-13-17-29(18-14-20)16-8-7-15-27-25(30)23(19-21-9-3-2-4-10-21)28-33(31,32)24-12-6-5-11-22(24)26/h2-6,9-12,20,23,28H,7-8,13-19H2,1H3,(H,27,30). The summed E-state index contributed by atoms with van der Waals surface area (Å²) in [5.41, 5.74) is 0.813. The number of piperidine rings is 1. The van der Waals surface area contributed by atoms with Gasteiger partial charge in [-0.2, -0.15) is 4.72 Å². The number of amides is 1. The first-order chi connectivity index (χ1) is 15.8. The number of rotatable bonds is 11. The highest BCUT2D eigenvalue weighted by Gasteiger charge is 2.27. The fraction of sp³-hybridized carbons (Fsp3) is 0.480. The first-order valence-electron chi connectivity index (χ1n) is 11.7. The summed E-state index contributed by atoms with van der Waals surface area (Å²) < 4.78 is 42.1. The number of hydrogen-bond donors (Lipinski definition) is 2. The number of unbranched alkanes of at least 4 members (excludes halogenated alkanes) is 1. The van der Waals surface area contributed by atoms with E-state index in [1.807, 2.05) is 30.3 Å². The molecule has 33 heavy (non-hydrogen) atoms. The lowest BCUT2D eigenvalue weighted by Gasteiger charge is -2.30. The monoisotopic (exact) mass is 475 g/mol. The number of nitrogens with zero attached hydrogens (tertiary/aromatic N) is 1. The van der Waals surface area contributed by atoms with Crippen molar-refractivity contribution in [3.63, 3.8) is 0 Å². The van der Waals surface area contributed by atoms with Gasteiger partial charge in [-0.05, 0) is 75.4 Å². The first kappa shape index (κ1) is 25.3. The minimum Gasteiger partial charge on any atom is -0.355 e. The number of carbonyl (C=O) groups excluding carboxylic acids is 1. The molecule has 0 aromatic heterocycles. The van der Waals surface area contributed by atoms with Crippen molar-refractivity contribution in [3.8, 4) is 0 Å². The Morgan fingerprint density at radius 1 is 1.06 bits per heavy atom. The molecule has 3 rings (SSSR count). The normalized spacial score (nSPS) is 16.4. The van der Waals surface area contributed by atoms with Gasteiger partial charge in [0.05, 0.1) is 0 Å². The molecule has 0 spiro atoms. The Balaban J connectivity index is 1.57. The van der Waals surface area contributed by atoms with Crippen molar-refractivity contribution in [1.29, 1.82) is 0 Å². The highest BCUT2D eigenvalue weighted by atomic mass is 32.2. The minimum atomic E-state index is -4.20. The van der Waals surface area contributed by atoms with Crippen LogP contribution in [0.3, 0.4) is 0 Å². The van der Waals surface area contributed by atoms with Gasteiger partial charge < -0.3 is 10.2 Å². The van der Waals surface area contributed by atoms with E-state index in [0.29, 0.717) is 6.54 Å². The van der Waals surface area contributed by atoms with E-state index in [-0.39, 0.29) is 6.42 Å². The number of nitrogens with one attached hydrogen (secondary N) is 2. The summed E-state index contributed by atoms with van der Waals surface area (Å²) >= 11 is 0. The summed E-state index contributed by atoms with van der Waals surface area (Å²) in [5, 5.41) is 2.86. The molecule has 180 valence electrons. The molecule has 1 aliphatic heterocycles. The van der Waals surface area contributed by atoms with Gasteiger partial charge in [-0.3, -0.25) is 4.79 Å². The number of benzene rings is 2. The molecular weight excluding hydrogens is 441 g/mol. The smallest absolute Gasteiger partial charge is 0.244 e. The van der Waals surface area contributed by atoms with Gasteiger partial charge >= 0.3 is 0 Å². The largest absolute Gasteiger partial charge is 0.355 e. The van der Waals surface area contributed by atoms with Crippen LogP contribution in [0.5, 0.6) is 0 Å². The maximum absolute atomic E-state index is 14.1. The molecule has 2 aromatic carbocycles. The molecule has 1 aliphatic rings. The summed E-state index contributed by atoms with van der Waals surface area (Å²) in [6, 6.07) is 13.3. The van der Waals surface area contributed by atoms with E-state index < -0.39 is 32.7 Å². The SMILES string of the molecule is CC1CCN(CCCCNC(=O)C(Cc2ccccc2)NS(=O)(=O)c2ccccc2F)CC1. The van der Waals surface area contributed by atoms with Crippen LogP contribution >= 0.6 is 0 Å². The lowest BCUT2D eigenvalue weighted by Crippen LogP contribution is -2.48. The molecule has 0 radical (unpaired) electrons. The molecule has 0 aliphatic carbocycles.